The number of hydrogen-bond acceptors (Lipinski definition) is 5. The van der Waals surface area contributed by atoms with E-state index in [2.05, 4.69) is 9.88 Å². The average molecular weight is 596 g/mol. The highest BCUT2D eigenvalue weighted by Crippen LogP contribution is 2.50. The van der Waals surface area contributed by atoms with Crippen molar-refractivity contribution < 1.29 is 59.3 Å². The SMILES string of the molecule is O=C(O)C(F)(F)F.OC(c1ccc(-c2ccc(-c3cccc(N4CCOCC4)c3)nc2)cc1)(C(F)(F)F)C(F)(F)F. The molecule has 6 nitrogen and oxygen atoms in total. The Bertz CT molecular complexity index is 1300. The van der Waals surface area contributed by atoms with E-state index in [4.69, 9.17) is 14.6 Å². The summed E-state index contributed by atoms with van der Waals surface area (Å²) in [7, 11) is 0. The van der Waals surface area contributed by atoms with Gasteiger partial charge in [-0.1, -0.05) is 42.5 Å². The van der Waals surface area contributed by atoms with E-state index in [1.165, 1.54) is 6.20 Å². The van der Waals surface area contributed by atoms with Gasteiger partial charge in [-0.05, 0) is 23.8 Å². The number of benzene rings is 2. The Balaban J connectivity index is 0.000000587. The van der Waals surface area contributed by atoms with Gasteiger partial charge in [0.2, 0.25) is 0 Å². The van der Waals surface area contributed by atoms with Crippen LogP contribution in [0.4, 0.5) is 45.2 Å². The van der Waals surface area contributed by atoms with Gasteiger partial charge in [-0.3, -0.25) is 4.98 Å². The Morgan fingerprint density at radius 1 is 0.780 bits per heavy atom. The number of nitrogens with zero attached hydrogens (tertiary/aromatic N) is 2. The largest absolute Gasteiger partial charge is 0.490 e. The zero-order chi connectivity index (χ0) is 30.6. The fourth-order valence-electron chi connectivity index (χ4n) is 3.81. The van der Waals surface area contributed by atoms with Gasteiger partial charge in [-0.25, -0.2) is 4.79 Å². The monoisotopic (exact) mass is 596 g/mol. The summed E-state index contributed by atoms with van der Waals surface area (Å²) in [5.74, 6) is -2.76. The van der Waals surface area contributed by atoms with Crippen molar-refractivity contribution >= 4 is 11.7 Å². The number of carboxylic acid groups (broad SMARTS) is 1. The Hall–Kier alpha value is -3.85. The van der Waals surface area contributed by atoms with E-state index in [1.54, 1.807) is 12.1 Å². The second-order valence-corrected chi connectivity index (χ2v) is 8.67. The molecule has 1 aliphatic heterocycles. The molecular formula is C26H21F9N2O4. The maximum Gasteiger partial charge on any atom is 0.490 e. The van der Waals surface area contributed by atoms with Gasteiger partial charge in [-0.2, -0.15) is 39.5 Å². The second-order valence-electron chi connectivity index (χ2n) is 8.67. The van der Waals surface area contributed by atoms with Crippen LogP contribution in [0, 0.1) is 0 Å². The zero-order valence-corrected chi connectivity index (χ0v) is 20.7. The van der Waals surface area contributed by atoms with Crippen molar-refractivity contribution in [2.24, 2.45) is 0 Å². The number of carboxylic acids is 1. The molecule has 0 spiro atoms. The van der Waals surface area contributed by atoms with Crippen LogP contribution in [-0.2, 0) is 15.1 Å². The van der Waals surface area contributed by atoms with E-state index in [1.807, 2.05) is 24.3 Å². The highest BCUT2D eigenvalue weighted by molar-refractivity contribution is 5.73. The molecule has 2 aromatic carbocycles. The smallest absolute Gasteiger partial charge is 0.475 e. The number of pyridine rings is 1. The standard InChI is InChI=1S/C24H20F6N2O2.C2HF3O2/c25-23(26,27)22(33,24(28,29)30)19-7-4-16(5-8-19)18-6-9-21(31-15-18)17-2-1-3-20(14-17)32-10-12-34-13-11-32;3-2(4,5)1(6)7/h1-9,14-15,33H,10-13H2;(H,6,7). The first-order valence-corrected chi connectivity index (χ1v) is 11.6. The predicted molar refractivity (Wildman–Crippen MR) is 128 cm³/mol. The normalized spacial score (nSPS) is 14.7. The molecule has 4 rings (SSSR count). The van der Waals surface area contributed by atoms with Crippen molar-refractivity contribution in [2.45, 2.75) is 24.1 Å². The summed E-state index contributed by atoms with van der Waals surface area (Å²) < 4.78 is 116. The van der Waals surface area contributed by atoms with Gasteiger partial charge < -0.3 is 19.8 Å². The lowest BCUT2D eigenvalue weighted by atomic mass is 9.91. The minimum atomic E-state index is -5.92. The molecule has 15 heteroatoms. The summed E-state index contributed by atoms with van der Waals surface area (Å²) in [6.07, 6.45) is -15.4. The molecular weight excluding hydrogens is 575 g/mol. The lowest BCUT2D eigenvalue weighted by Gasteiger charge is -2.32. The molecule has 2 N–H and O–H groups in total. The van der Waals surface area contributed by atoms with Gasteiger partial charge in [0.1, 0.15) is 0 Å². The zero-order valence-electron chi connectivity index (χ0n) is 20.7. The van der Waals surface area contributed by atoms with Gasteiger partial charge >= 0.3 is 24.5 Å². The Kier molecular flexibility index (Phi) is 9.23. The molecule has 1 saturated heterocycles. The number of ether oxygens (including phenoxy) is 1. The van der Waals surface area contributed by atoms with Crippen LogP contribution in [-0.4, -0.2) is 66.0 Å². The lowest BCUT2D eigenvalue weighted by Crippen LogP contribution is -2.53. The molecule has 2 heterocycles. The van der Waals surface area contributed by atoms with Crippen LogP contribution >= 0.6 is 0 Å². The highest BCUT2D eigenvalue weighted by atomic mass is 19.4. The predicted octanol–water partition coefficient (Wildman–Crippen LogP) is 6.20. The Labute approximate surface area is 226 Å². The number of aliphatic carboxylic acids is 1. The van der Waals surface area contributed by atoms with Crippen LogP contribution in [0.15, 0.2) is 66.9 Å². The van der Waals surface area contributed by atoms with E-state index in [-0.39, 0.29) is 0 Å². The molecule has 1 aliphatic rings. The van der Waals surface area contributed by atoms with Crippen molar-refractivity contribution in [1.29, 1.82) is 0 Å². The quantitative estimate of drug-likeness (QED) is 0.350. The number of morpholine rings is 1. The molecule has 0 bridgehead atoms. The fourth-order valence-corrected chi connectivity index (χ4v) is 3.81. The molecule has 222 valence electrons. The number of alkyl halides is 9. The first-order chi connectivity index (χ1) is 18.9. The van der Waals surface area contributed by atoms with E-state index in [0.717, 1.165) is 36.5 Å². The van der Waals surface area contributed by atoms with Crippen LogP contribution < -0.4 is 4.90 Å². The fraction of sp³-hybridized carbons (Fsp3) is 0.308. The summed E-state index contributed by atoms with van der Waals surface area (Å²) in [4.78, 5) is 15.5. The molecule has 0 saturated carbocycles. The molecule has 1 fully saturated rings. The third kappa shape index (κ3) is 7.27. The van der Waals surface area contributed by atoms with E-state index < -0.39 is 35.7 Å². The Morgan fingerprint density at radius 2 is 1.32 bits per heavy atom. The lowest BCUT2D eigenvalue weighted by molar-refractivity contribution is -0.376. The van der Waals surface area contributed by atoms with Crippen LogP contribution in [0.2, 0.25) is 0 Å². The van der Waals surface area contributed by atoms with Crippen molar-refractivity contribution in [3.8, 4) is 22.4 Å². The number of anilines is 1. The van der Waals surface area contributed by atoms with Gasteiger partial charge in [0.25, 0.3) is 5.60 Å². The second kappa shape index (κ2) is 11.9. The third-order valence-corrected chi connectivity index (χ3v) is 5.98. The highest BCUT2D eigenvalue weighted by Gasteiger charge is 2.71. The van der Waals surface area contributed by atoms with Gasteiger partial charge in [-0.15, -0.1) is 0 Å². The minimum absolute atomic E-state index is 0.358. The van der Waals surface area contributed by atoms with Gasteiger partial charge in [0.15, 0.2) is 0 Å². The van der Waals surface area contributed by atoms with E-state index in [0.29, 0.717) is 42.2 Å². The summed E-state index contributed by atoms with van der Waals surface area (Å²) in [6.45, 7) is 2.87. The van der Waals surface area contributed by atoms with Gasteiger partial charge in [0, 0.05) is 41.7 Å². The van der Waals surface area contributed by atoms with Crippen LogP contribution in [0.25, 0.3) is 22.4 Å². The number of carbonyl (C=O) groups is 1. The van der Waals surface area contributed by atoms with Crippen LogP contribution in [0.3, 0.4) is 0 Å². The molecule has 1 aromatic heterocycles. The van der Waals surface area contributed by atoms with Crippen LogP contribution in [0.1, 0.15) is 5.56 Å². The van der Waals surface area contributed by atoms with E-state index in [9.17, 15) is 44.6 Å². The molecule has 0 unspecified atom stereocenters. The maximum atomic E-state index is 13.1. The third-order valence-electron chi connectivity index (χ3n) is 5.98. The first kappa shape index (κ1) is 31.7. The molecule has 41 heavy (non-hydrogen) atoms. The number of halogens is 9. The Morgan fingerprint density at radius 3 is 1.78 bits per heavy atom. The summed E-state index contributed by atoms with van der Waals surface area (Å²) >= 11 is 0. The maximum absolute atomic E-state index is 13.1. The molecule has 3 aromatic rings. The van der Waals surface area contributed by atoms with Crippen molar-refractivity contribution in [2.75, 3.05) is 31.2 Å². The topological polar surface area (TPSA) is 82.9 Å². The number of rotatable bonds is 4. The van der Waals surface area contributed by atoms with Crippen molar-refractivity contribution in [3.63, 3.8) is 0 Å². The summed E-state index contributed by atoms with van der Waals surface area (Å²) in [5, 5.41) is 16.6. The number of aliphatic hydroxyl groups is 1. The molecule has 0 atom stereocenters. The molecule has 0 aliphatic carbocycles. The van der Waals surface area contributed by atoms with Crippen molar-refractivity contribution in [3.05, 3.63) is 72.4 Å². The number of aromatic nitrogens is 1. The first-order valence-electron chi connectivity index (χ1n) is 11.6. The number of hydrogen-bond donors (Lipinski definition) is 2. The average Bonchev–Trinajstić information content (AvgIpc) is 2.92. The minimum Gasteiger partial charge on any atom is -0.475 e. The van der Waals surface area contributed by atoms with Crippen molar-refractivity contribution in [1.82, 2.24) is 4.98 Å². The van der Waals surface area contributed by atoms with Gasteiger partial charge in [0.05, 0.1) is 18.9 Å². The van der Waals surface area contributed by atoms with E-state index >= 15 is 0 Å². The summed E-state index contributed by atoms with van der Waals surface area (Å²) in [6, 6.07) is 14.6. The molecule has 0 amide bonds. The molecule has 0 radical (unpaired) electrons. The van der Waals surface area contributed by atoms with Crippen LogP contribution in [0.5, 0.6) is 0 Å². The summed E-state index contributed by atoms with van der Waals surface area (Å²) in [5.41, 5.74) is -2.83.